The molecule has 0 atom stereocenters. The van der Waals surface area contributed by atoms with Crippen LogP contribution in [0.4, 0.5) is 17.2 Å². The number of hydrogen-bond acceptors (Lipinski definition) is 6. The Morgan fingerprint density at radius 1 is 0.963 bits per heavy atom. The molecule has 3 rings (SSSR count). The summed E-state index contributed by atoms with van der Waals surface area (Å²) in [6, 6.07) is 14.5. The normalized spacial score (nSPS) is 10.2. The van der Waals surface area contributed by atoms with Gasteiger partial charge >= 0.3 is 0 Å². The molecule has 0 aliphatic carbocycles. The van der Waals surface area contributed by atoms with Crippen molar-refractivity contribution in [1.29, 1.82) is 0 Å². The minimum atomic E-state index is -0.304. The number of hydrogen-bond donors (Lipinski definition) is 2. The summed E-state index contributed by atoms with van der Waals surface area (Å²) in [6.45, 7) is 1.93. The number of para-hydroxylation sites is 1. The summed E-state index contributed by atoms with van der Waals surface area (Å²) in [4.78, 5) is 20.7. The van der Waals surface area contributed by atoms with Crippen LogP contribution in [0.3, 0.4) is 0 Å². The van der Waals surface area contributed by atoms with E-state index in [-0.39, 0.29) is 11.6 Å². The maximum atomic E-state index is 12.5. The number of amides is 1. The molecule has 138 valence electrons. The molecule has 0 aliphatic rings. The highest BCUT2D eigenvalue weighted by atomic mass is 16.5. The number of nitrogens with zero attached hydrogens (tertiary/aromatic N) is 2. The molecule has 0 spiro atoms. The average Bonchev–Trinajstić information content (AvgIpc) is 2.69. The lowest BCUT2D eigenvalue weighted by Crippen LogP contribution is -2.15. The minimum absolute atomic E-state index is 0.260. The van der Waals surface area contributed by atoms with Gasteiger partial charge in [0.1, 0.15) is 17.8 Å². The molecule has 7 heteroatoms. The summed E-state index contributed by atoms with van der Waals surface area (Å²) in [5.74, 6) is 1.41. The van der Waals surface area contributed by atoms with Crippen LogP contribution in [0.15, 0.2) is 54.9 Å². The highest BCUT2D eigenvalue weighted by molar-refractivity contribution is 6.03. The third-order valence-corrected chi connectivity index (χ3v) is 3.95. The quantitative estimate of drug-likeness (QED) is 0.692. The van der Waals surface area contributed by atoms with Gasteiger partial charge in [-0.05, 0) is 30.7 Å². The molecular formula is C20H20N4O3. The molecule has 2 N–H and O–H groups in total. The first-order valence-corrected chi connectivity index (χ1v) is 8.29. The Labute approximate surface area is 157 Å². The molecule has 0 radical (unpaired) electrons. The van der Waals surface area contributed by atoms with Gasteiger partial charge in [-0.15, -0.1) is 0 Å². The number of carbonyl (C=O) groups is 1. The van der Waals surface area contributed by atoms with Crippen molar-refractivity contribution < 1.29 is 14.3 Å². The van der Waals surface area contributed by atoms with Gasteiger partial charge in [-0.2, -0.15) is 0 Å². The van der Waals surface area contributed by atoms with Crippen LogP contribution in [-0.2, 0) is 0 Å². The Bertz CT molecular complexity index is 959. The van der Waals surface area contributed by atoms with Crippen LogP contribution in [0, 0.1) is 6.92 Å². The van der Waals surface area contributed by atoms with Crippen LogP contribution in [0.5, 0.6) is 11.5 Å². The predicted octanol–water partition coefficient (Wildman–Crippen LogP) is 3.80. The van der Waals surface area contributed by atoms with Crippen LogP contribution in [0.2, 0.25) is 0 Å². The van der Waals surface area contributed by atoms with Crippen molar-refractivity contribution in [2.24, 2.45) is 0 Å². The van der Waals surface area contributed by atoms with Crippen LogP contribution in [-0.4, -0.2) is 30.1 Å². The van der Waals surface area contributed by atoms with Gasteiger partial charge in [0.05, 0.1) is 14.2 Å². The van der Waals surface area contributed by atoms with E-state index in [1.165, 1.54) is 6.33 Å². The van der Waals surface area contributed by atoms with E-state index in [2.05, 4.69) is 20.6 Å². The van der Waals surface area contributed by atoms with Gasteiger partial charge in [0.25, 0.3) is 5.91 Å². The topological polar surface area (TPSA) is 85.4 Å². The van der Waals surface area contributed by atoms with E-state index in [0.29, 0.717) is 17.3 Å². The fraction of sp³-hybridized carbons (Fsp3) is 0.150. The standard InChI is InChI=1S/C20H20N4O3/c1-13-6-4-5-7-15(13)24-20(25)16-11-19(22-12-21-16)23-14-8-9-17(26-2)18(10-14)27-3/h4-12H,1-3H3,(H,24,25)(H,21,22,23). The third kappa shape index (κ3) is 4.33. The zero-order valence-corrected chi connectivity index (χ0v) is 15.3. The van der Waals surface area contributed by atoms with Crippen molar-refractivity contribution in [2.75, 3.05) is 24.9 Å². The monoisotopic (exact) mass is 364 g/mol. The van der Waals surface area contributed by atoms with Gasteiger partial charge in [0, 0.05) is 23.5 Å². The van der Waals surface area contributed by atoms with Crippen molar-refractivity contribution in [3.05, 3.63) is 66.1 Å². The zero-order valence-electron chi connectivity index (χ0n) is 15.3. The molecule has 0 aliphatic heterocycles. The second-order valence-electron chi connectivity index (χ2n) is 5.75. The summed E-state index contributed by atoms with van der Waals surface area (Å²) in [5.41, 5.74) is 2.73. The Morgan fingerprint density at radius 2 is 1.74 bits per heavy atom. The molecule has 0 saturated heterocycles. The van der Waals surface area contributed by atoms with Crippen molar-refractivity contribution in [3.63, 3.8) is 0 Å². The van der Waals surface area contributed by atoms with Crippen molar-refractivity contribution >= 4 is 23.1 Å². The number of aryl methyl sites for hydroxylation is 1. The first-order valence-electron chi connectivity index (χ1n) is 8.29. The number of rotatable bonds is 6. The summed E-state index contributed by atoms with van der Waals surface area (Å²) in [6.07, 6.45) is 1.34. The second-order valence-corrected chi connectivity index (χ2v) is 5.75. The molecule has 27 heavy (non-hydrogen) atoms. The first-order chi connectivity index (χ1) is 13.1. The molecule has 0 saturated carbocycles. The highest BCUT2D eigenvalue weighted by Gasteiger charge is 2.11. The minimum Gasteiger partial charge on any atom is -0.493 e. The van der Waals surface area contributed by atoms with E-state index in [1.54, 1.807) is 32.4 Å². The molecular weight excluding hydrogens is 344 g/mol. The maximum Gasteiger partial charge on any atom is 0.274 e. The number of ether oxygens (including phenoxy) is 2. The molecule has 7 nitrogen and oxygen atoms in total. The number of benzene rings is 2. The summed E-state index contributed by atoms with van der Waals surface area (Å²) in [7, 11) is 3.15. The third-order valence-electron chi connectivity index (χ3n) is 3.95. The number of aromatic nitrogens is 2. The van der Waals surface area contributed by atoms with Gasteiger partial charge in [0.15, 0.2) is 11.5 Å². The van der Waals surface area contributed by atoms with Crippen LogP contribution in [0.25, 0.3) is 0 Å². The molecule has 1 heterocycles. The Balaban J connectivity index is 1.77. The maximum absolute atomic E-state index is 12.5. The number of anilines is 3. The Kier molecular flexibility index (Phi) is 5.51. The Morgan fingerprint density at radius 3 is 2.48 bits per heavy atom. The van der Waals surface area contributed by atoms with Gasteiger partial charge in [-0.25, -0.2) is 9.97 Å². The smallest absolute Gasteiger partial charge is 0.274 e. The summed E-state index contributed by atoms with van der Waals surface area (Å²) < 4.78 is 10.5. The number of carbonyl (C=O) groups excluding carboxylic acids is 1. The molecule has 1 amide bonds. The second kappa shape index (κ2) is 8.18. The van der Waals surface area contributed by atoms with E-state index in [1.807, 2.05) is 37.3 Å². The van der Waals surface area contributed by atoms with Gasteiger partial charge in [-0.1, -0.05) is 18.2 Å². The molecule has 0 bridgehead atoms. The predicted molar refractivity (Wildman–Crippen MR) is 104 cm³/mol. The lowest BCUT2D eigenvalue weighted by molar-refractivity contribution is 0.102. The Hall–Kier alpha value is -3.61. The van der Waals surface area contributed by atoms with Crippen molar-refractivity contribution in [3.8, 4) is 11.5 Å². The molecule has 0 fully saturated rings. The van der Waals surface area contributed by atoms with E-state index in [0.717, 1.165) is 16.9 Å². The SMILES string of the molecule is COc1ccc(Nc2cc(C(=O)Nc3ccccc3C)ncn2)cc1OC. The average molecular weight is 364 g/mol. The van der Waals surface area contributed by atoms with Gasteiger partial charge < -0.3 is 20.1 Å². The van der Waals surface area contributed by atoms with Crippen LogP contribution in [0.1, 0.15) is 16.1 Å². The summed E-state index contributed by atoms with van der Waals surface area (Å²) >= 11 is 0. The number of nitrogens with one attached hydrogen (secondary N) is 2. The zero-order chi connectivity index (χ0) is 19.2. The fourth-order valence-corrected chi connectivity index (χ4v) is 2.51. The van der Waals surface area contributed by atoms with Crippen molar-refractivity contribution in [2.45, 2.75) is 6.92 Å². The first kappa shape index (κ1) is 18.2. The molecule has 3 aromatic rings. The van der Waals surface area contributed by atoms with E-state index < -0.39 is 0 Å². The number of methoxy groups -OCH3 is 2. The van der Waals surface area contributed by atoms with E-state index >= 15 is 0 Å². The van der Waals surface area contributed by atoms with Crippen molar-refractivity contribution in [1.82, 2.24) is 9.97 Å². The molecule has 0 unspecified atom stereocenters. The van der Waals surface area contributed by atoms with Crippen LogP contribution < -0.4 is 20.1 Å². The molecule has 1 aromatic heterocycles. The van der Waals surface area contributed by atoms with E-state index in [4.69, 9.17) is 9.47 Å². The lowest BCUT2D eigenvalue weighted by Gasteiger charge is -2.11. The van der Waals surface area contributed by atoms with Gasteiger partial charge in [0.2, 0.25) is 0 Å². The van der Waals surface area contributed by atoms with Crippen LogP contribution >= 0.6 is 0 Å². The largest absolute Gasteiger partial charge is 0.493 e. The van der Waals surface area contributed by atoms with Gasteiger partial charge in [-0.3, -0.25) is 4.79 Å². The van der Waals surface area contributed by atoms with E-state index in [9.17, 15) is 4.79 Å². The summed E-state index contributed by atoms with van der Waals surface area (Å²) in [5, 5.41) is 5.99. The molecule has 2 aromatic carbocycles. The fourth-order valence-electron chi connectivity index (χ4n) is 2.51. The highest BCUT2D eigenvalue weighted by Crippen LogP contribution is 2.30. The lowest BCUT2D eigenvalue weighted by atomic mass is 10.2.